The Morgan fingerprint density at radius 3 is 2.81 bits per heavy atom. The Bertz CT molecular complexity index is 1230. The van der Waals surface area contributed by atoms with Crippen LogP contribution in [-0.4, -0.2) is 27.9 Å². The minimum absolute atomic E-state index is 0.0802. The summed E-state index contributed by atoms with van der Waals surface area (Å²) in [6, 6.07) is 10.7. The van der Waals surface area contributed by atoms with Crippen molar-refractivity contribution in [3.8, 4) is 0 Å². The summed E-state index contributed by atoms with van der Waals surface area (Å²) in [7, 11) is 0. The van der Waals surface area contributed by atoms with Gasteiger partial charge in [-0.3, -0.25) is 19.0 Å². The van der Waals surface area contributed by atoms with Crippen molar-refractivity contribution in [3.63, 3.8) is 0 Å². The van der Waals surface area contributed by atoms with Crippen LogP contribution in [0.15, 0.2) is 51.9 Å². The Balaban J connectivity index is 1.50. The van der Waals surface area contributed by atoms with Gasteiger partial charge in [-0.1, -0.05) is 12.1 Å². The lowest BCUT2D eigenvalue weighted by Gasteiger charge is -2.05. The summed E-state index contributed by atoms with van der Waals surface area (Å²) < 4.78 is 11.7. The summed E-state index contributed by atoms with van der Waals surface area (Å²) in [5.74, 6) is -0.976. The molecule has 3 aromatic heterocycles. The number of aromatic nitrogens is 2. The van der Waals surface area contributed by atoms with Gasteiger partial charge >= 0.3 is 5.97 Å². The summed E-state index contributed by atoms with van der Waals surface area (Å²) in [4.78, 5) is 42.3. The molecule has 3 heterocycles. The number of para-hydroxylation sites is 1. The van der Waals surface area contributed by atoms with Gasteiger partial charge in [0.2, 0.25) is 11.4 Å². The number of carbonyl (C=O) groups excluding carboxylic acids is 2. The lowest BCUT2D eigenvalue weighted by molar-refractivity contribution is -0.143. The molecule has 0 aliphatic rings. The van der Waals surface area contributed by atoms with E-state index in [-0.39, 0.29) is 24.5 Å². The molecule has 4 rings (SSSR count). The second-order valence-electron chi connectivity index (χ2n) is 5.95. The number of hydrogen-bond donors (Lipinski definition) is 0. The van der Waals surface area contributed by atoms with Crippen molar-refractivity contribution in [2.45, 2.75) is 13.5 Å². The zero-order valence-corrected chi connectivity index (χ0v) is 15.1. The number of ketones is 1. The fourth-order valence-corrected chi connectivity index (χ4v) is 3.51. The van der Waals surface area contributed by atoms with Crippen molar-refractivity contribution in [1.29, 1.82) is 0 Å². The Morgan fingerprint density at radius 1 is 1.22 bits per heavy atom. The molecule has 7 nitrogen and oxygen atoms in total. The molecule has 136 valence electrons. The average Bonchev–Trinajstić information content (AvgIpc) is 3.26. The van der Waals surface area contributed by atoms with E-state index in [1.54, 1.807) is 18.2 Å². The normalized spacial score (nSPS) is 11.1. The molecule has 8 heteroatoms. The summed E-state index contributed by atoms with van der Waals surface area (Å²) >= 11 is 1.34. The van der Waals surface area contributed by atoms with Crippen molar-refractivity contribution in [1.82, 2.24) is 9.55 Å². The SMILES string of the molecule is Cc1ccc(C(=O)COC(=O)Cn2cnc3c(oc4ccccc43)c2=O)s1. The first-order chi connectivity index (χ1) is 13.0. The third-order valence-electron chi connectivity index (χ3n) is 4.03. The second kappa shape index (κ2) is 6.81. The summed E-state index contributed by atoms with van der Waals surface area (Å²) in [6.45, 7) is 1.17. The van der Waals surface area contributed by atoms with Gasteiger partial charge < -0.3 is 9.15 Å². The number of hydrogen-bond acceptors (Lipinski definition) is 7. The number of esters is 1. The van der Waals surface area contributed by atoms with Gasteiger partial charge in [0.05, 0.1) is 11.2 Å². The highest BCUT2D eigenvalue weighted by Gasteiger charge is 2.16. The average molecular weight is 382 g/mol. The van der Waals surface area contributed by atoms with Crippen molar-refractivity contribution >= 4 is 45.2 Å². The van der Waals surface area contributed by atoms with Crippen LogP contribution in [0.3, 0.4) is 0 Å². The van der Waals surface area contributed by atoms with Crippen LogP contribution >= 0.6 is 11.3 Å². The van der Waals surface area contributed by atoms with Crippen molar-refractivity contribution in [2.24, 2.45) is 0 Å². The van der Waals surface area contributed by atoms with E-state index in [0.29, 0.717) is 16.0 Å². The third kappa shape index (κ3) is 3.26. The first-order valence-corrected chi connectivity index (χ1v) is 8.96. The number of benzene rings is 1. The monoisotopic (exact) mass is 382 g/mol. The van der Waals surface area contributed by atoms with Gasteiger partial charge in [0.15, 0.2) is 6.61 Å². The highest BCUT2D eigenvalue weighted by molar-refractivity contribution is 7.14. The molecule has 0 saturated carbocycles. The zero-order valence-electron chi connectivity index (χ0n) is 14.3. The number of carbonyl (C=O) groups is 2. The van der Waals surface area contributed by atoms with E-state index in [1.165, 1.54) is 17.7 Å². The Labute approximate surface area is 156 Å². The lowest BCUT2D eigenvalue weighted by atomic mass is 10.2. The van der Waals surface area contributed by atoms with E-state index in [2.05, 4.69) is 4.98 Å². The summed E-state index contributed by atoms with van der Waals surface area (Å²) in [6.07, 6.45) is 1.28. The Hall–Kier alpha value is -3.26. The number of ether oxygens (including phenoxy) is 1. The molecule has 1 aromatic carbocycles. The predicted octanol–water partition coefficient (Wildman–Crippen LogP) is 2.94. The maximum atomic E-state index is 12.6. The number of nitrogens with zero attached hydrogens (tertiary/aromatic N) is 2. The number of fused-ring (bicyclic) bond motifs is 3. The summed E-state index contributed by atoms with van der Waals surface area (Å²) in [5.41, 5.74) is 0.600. The third-order valence-corrected chi connectivity index (χ3v) is 5.07. The Kier molecular flexibility index (Phi) is 4.33. The van der Waals surface area contributed by atoms with Gasteiger partial charge in [0.25, 0.3) is 5.56 Å². The molecule has 0 unspecified atom stereocenters. The molecule has 0 radical (unpaired) electrons. The molecule has 0 saturated heterocycles. The Morgan fingerprint density at radius 2 is 2.04 bits per heavy atom. The minimum atomic E-state index is -0.698. The molecule has 0 atom stereocenters. The molecular weight excluding hydrogens is 368 g/mol. The van der Waals surface area contributed by atoms with Crippen molar-refractivity contribution in [3.05, 3.63) is 62.8 Å². The van der Waals surface area contributed by atoms with Gasteiger partial charge in [0, 0.05) is 10.3 Å². The van der Waals surface area contributed by atoms with E-state index >= 15 is 0 Å². The van der Waals surface area contributed by atoms with Gasteiger partial charge in [-0.2, -0.15) is 0 Å². The number of aryl methyl sites for hydroxylation is 1. The van der Waals surface area contributed by atoms with E-state index in [1.807, 2.05) is 25.1 Å². The number of furan rings is 1. The van der Waals surface area contributed by atoms with Gasteiger partial charge in [-0.25, -0.2) is 4.98 Å². The first kappa shape index (κ1) is 17.2. The maximum absolute atomic E-state index is 12.6. The van der Waals surface area contributed by atoms with Crippen LogP contribution in [-0.2, 0) is 16.1 Å². The van der Waals surface area contributed by atoms with Crippen LogP contribution < -0.4 is 5.56 Å². The fourth-order valence-electron chi connectivity index (χ4n) is 2.71. The molecule has 0 N–H and O–H groups in total. The molecular formula is C19H14N2O5S. The van der Waals surface area contributed by atoms with E-state index in [4.69, 9.17) is 9.15 Å². The highest BCUT2D eigenvalue weighted by Crippen LogP contribution is 2.24. The van der Waals surface area contributed by atoms with Crippen LogP contribution in [0.2, 0.25) is 0 Å². The smallest absolute Gasteiger partial charge is 0.326 e. The molecule has 0 aliphatic carbocycles. The van der Waals surface area contributed by atoms with Crippen molar-refractivity contribution in [2.75, 3.05) is 6.61 Å². The zero-order chi connectivity index (χ0) is 19.0. The predicted molar refractivity (Wildman–Crippen MR) is 100 cm³/mol. The topological polar surface area (TPSA) is 91.4 Å². The largest absolute Gasteiger partial charge is 0.456 e. The van der Waals surface area contributed by atoms with Crippen LogP contribution in [0.4, 0.5) is 0 Å². The molecule has 27 heavy (non-hydrogen) atoms. The minimum Gasteiger partial charge on any atom is -0.456 e. The van der Waals surface area contributed by atoms with E-state index in [0.717, 1.165) is 14.8 Å². The summed E-state index contributed by atoms with van der Waals surface area (Å²) in [5, 5.41) is 0.733. The molecule has 4 aromatic rings. The number of rotatable bonds is 5. The van der Waals surface area contributed by atoms with E-state index in [9.17, 15) is 14.4 Å². The standard InChI is InChI=1S/C19H14N2O5S/c1-11-6-7-15(27-11)13(22)9-25-16(23)8-21-10-20-17-12-4-2-3-5-14(12)26-18(17)19(21)24/h2-7,10H,8-9H2,1H3. The van der Waals surface area contributed by atoms with Gasteiger partial charge in [-0.15, -0.1) is 11.3 Å². The molecule has 0 aliphatic heterocycles. The number of thiophene rings is 1. The van der Waals surface area contributed by atoms with Crippen LogP contribution in [0.5, 0.6) is 0 Å². The van der Waals surface area contributed by atoms with Gasteiger partial charge in [-0.05, 0) is 31.2 Å². The van der Waals surface area contributed by atoms with Crippen LogP contribution in [0.25, 0.3) is 22.1 Å². The van der Waals surface area contributed by atoms with Crippen LogP contribution in [0, 0.1) is 6.92 Å². The molecule has 0 spiro atoms. The lowest BCUT2D eigenvalue weighted by Crippen LogP contribution is -2.26. The van der Waals surface area contributed by atoms with E-state index < -0.39 is 11.5 Å². The number of Topliss-reactive ketones (excluding diaryl/α,β-unsaturated/α-hetero) is 1. The van der Waals surface area contributed by atoms with Gasteiger partial charge in [0.1, 0.15) is 17.6 Å². The molecule has 0 amide bonds. The molecule has 0 bridgehead atoms. The molecule has 0 fully saturated rings. The fraction of sp³-hybridized carbons (Fsp3) is 0.158. The van der Waals surface area contributed by atoms with Crippen LogP contribution in [0.1, 0.15) is 14.5 Å². The highest BCUT2D eigenvalue weighted by atomic mass is 32.1. The maximum Gasteiger partial charge on any atom is 0.326 e. The first-order valence-electron chi connectivity index (χ1n) is 8.15. The quantitative estimate of drug-likeness (QED) is 0.389. The van der Waals surface area contributed by atoms with Crippen molar-refractivity contribution < 1.29 is 18.7 Å². The second-order valence-corrected chi connectivity index (χ2v) is 7.24.